The topological polar surface area (TPSA) is 21.3 Å². The van der Waals surface area contributed by atoms with Gasteiger partial charge in [-0.15, -0.1) is 0 Å². The number of likely N-dealkylation sites (N-methyl/N-ethyl adjacent to an activating group) is 1. The van der Waals surface area contributed by atoms with Gasteiger partial charge in [-0.3, -0.25) is 0 Å². The molecule has 1 aromatic carbocycles. The van der Waals surface area contributed by atoms with Crippen molar-refractivity contribution in [1.29, 1.82) is 0 Å². The fourth-order valence-corrected chi connectivity index (χ4v) is 1.71. The third-order valence-corrected chi connectivity index (χ3v) is 2.85. The summed E-state index contributed by atoms with van der Waals surface area (Å²) in [7, 11) is 1.69. The van der Waals surface area contributed by atoms with Crippen molar-refractivity contribution in [3.8, 4) is 5.75 Å². The van der Waals surface area contributed by atoms with E-state index >= 15 is 0 Å². The predicted molar refractivity (Wildman–Crippen MR) is 62.9 cm³/mol. The Balaban J connectivity index is 2.64. The van der Waals surface area contributed by atoms with Gasteiger partial charge in [-0.25, -0.2) is 0 Å². The molecule has 1 aromatic rings. The highest BCUT2D eigenvalue weighted by Crippen LogP contribution is 2.22. The molecule has 3 heteroatoms. The van der Waals surface area contributed by atoms with Crippen LogP contribution in [0.15, 0.2) is 22.7 Å². The van der Waals surface area contributed by atoms with Gasteiger partial charge in [-0.05, 0) is 43.3 Å². The molecule has 14 heavy (non-hydrogen) atoms. The molecule has 1 N–H and O–H groups in total. The maximum Gasteiger partial charge on any atom is 0.119 e. The minimum atomic E-state index is 0.916. The number of nitrogens with one attached hydrogen (secondary N) is 1. The summed E-state index contributed by atoms with van der Waals surface area (Å²) in [6.45, 7) is 4.13. The van der Waals surface area contributed by atoms with Crippen molar-refractivity contribution in [2.45, 2.75) is 13.3 Å². The van der Waals surface area contributed by atoms with Crippen LogP contribution in [-0.4, -0.2) is 20.2 Å². The van der Waals surface area contributed by atoms with Crippen LogP contribution in [0.4, 0.5) is 0 Å². The highest BCUT2D eigenvalue weighted by molar-refractivity contribution is 9.10. The number of halogens is 1. The Labute approximate surface area is 93.8 Å². The van der Waals surface area contributed by atoms with E-state index in [1.807, 2.05) is 12.1 Å². The van der Waals surface area contributed by atoms with Crippen LogP contribution in [0.25, 0.3) is 0 Å². The van der Waals surface area contributed by atoms with Crippen LogP contribution in [0.2, 0.25) is 0 Å². The van der Waals surface area contributed by atoms with Gasteiger partial charge in [0.05, 0.1) is 7.11 Å². The molecule has 0 atom stereocenters. The van der Waals surface area contributed by atoms with Crippen LogP contribution < -0.4 is 10.1 Å². The van der Waals surface area contributed by atoms with Crippen LogP contribution in [-0.2, 0) is 6.42 Å². The van der Waals surface area contributed by atoms with E-state index in [0.717, 1.165) is 29.7 Å². The number of hydrogen-bond acceptors (Lipinski definition) is 2. The second-order valence-electron chi connectivity index (χ2n) is 3.06. The lowest BCUT2D eigenvalue weighted by Crippen LogP contribution is -2.16. The molecule has 0 saturated heterocycles. The average molecular weight is 258 g/mol. The van der Waals surface area contributed by atoms with E-state index in [9.17, 15) is 0 Å². The zero-order chi connectivity index (χ0) is 10.4. The number of ether oxygens (including phenoxy) is 1. The summed E-state index contributed by atoms with van der Waals surface area (Å²) < 4.78 is 6.32. The molecule has 0 radical (unpaired) electrons. The molecule has 1 rings (SSSR count). The van der Waals surface area contributed by atoms with Crippen molar-refractivity contribution >= 4 is 15.9 Å². The van der Waals surface area contributed by atoms with Gasteiger partial charge in [-0.2, -0.15) is 0 Å². The fraction of sp³-hybridized carbons (Fsp3) is 0.455. The maximum absolute atomic E-state index is 5.17. The Morgan fingerprint density at radius 3 is 2.86 bits per heavy atom. The maximum atomic E-state index is 5.17. The van der Waals surface area contributed by atoms with Gasteiger partial charge in [0.2, 0.25) is 0 Å². The quantitative estimate of drug-likeness (QED) is 0.820. The molecule has 0 unspecified atom stereocenters. The van der Waals surface area contributed by atoms with E-state index < -0.39 is 0 Å². The van der Waals surface area contributed by atoms with Gasteiger partial charge < -0.3 is 10.1 Å². The van der Waals surface area contributed by atoms with Gasteiger partial charge >= 0.3 is 0 Å². The minimum Gasteiger partial charge on any atom is -0.497 e. The Morgan fingerprint density at radius 2 is 2.21 bits per heavy atom. The second-order valence-corrected chi connectivity index (χ2v) is 3.92. The smallest absolute Gasteiger partial charge is 0.119 e. The third kappa shape index (κ3) is 3.31. The molecule has 0 amide bonds. The van der Waals surface area contributed by atoms with Crippen molar-refractivity contribution in [1.82, 2.24) is 5.32 Å². The van der Waals surface area contributed by atoms with E-state index in [1.54, 1.807) is 7.11 Å². The van der Waals surface area contributed by atoms with Crippen molar-refractivity contribution in [2.75, 3.05) is 20.2 Å². The molecule has 0 fully saturated rings. The summed E-state index contributed by atoms with van der Waals surface area (Å²) in [4.78, 5) is 0. The first kappa shape index (κ1) is 11.5. The van der Waals surface area contributed by atoms with Crippen LogP contribution in [0.5, 0.6) is 5.75 Å². The van der Waals surface area contributed by atoms with Crippen LogP contribution in [0.1, 0.15) is 12.5 Å². The normalized spacial score (nSPS) is 10.2. The Hall–Kier alpha value is -0.540. The standard InChI is InChI=1S/C11H16BrNO/c1-3-13-7-6-9-8-10(14-2)4-5-11(9)12/h4-5,8,13H,3,6-7H2,1-2H3. The summed E-state index contributed by atoms with van der Waals surface area (Å²) in [5.74, 6) is 0.916. The highest BCUT2D eigenvalue weighted by atomic mass is 79.9. The molecule has 0 aliphatic heterocycles. The van der Waals surface area contributed by atoms with Gasteiger partial charge in [0.25, 0.3) is 0 Å². The van der Waals surface area contributed by atoms with Crippen molar-refractivity contribution in [3.05, 3.63) is 28.2 Å². The Kier molecular flexibility index (Phi) is 4.98. The molecule has 0 aromatic heterocycles. The Morgan fingerprint density at radius 1 is 1.43 bits per heavy atom. The SMILES string of the molecule is CCNCCc1cc(OC)ccc1Br. The lowest BCUT2D eigenvalue weighted by molar-refractivity contribution is 0.414. The Bertz CT molecular complexity index is 289. The van der Waals surface area contributed by atoms with Crippen molar-refractivity contribution in [3.63, 3.8) is 0 Å². The molecular formula is C11H16BrNO. The number of methoxy groups -OCH3 is 1. The molecule has 0 saturated carbocycles. The average Bonchev–Trinajstić information content (AvgIpc) is 2.21. The zero-order valence-corrected chi connectivity index (χ0v) is 10.2. The minimum absolute atomic E-state index is 0.916. The summed E-state index contributed by atoms with van der Waals surface area (Å²) in [5, 5.41) is 3.30. The molecule has 0 aliphatic carbocycles. The van der Waals surface area contributed by atoms with Gasteiger partial charge in [-0.1, -0.05) is 22.9 Å². The summed E-state index contributed by atoms with van der Waals surface area (Å²) in [5.41, 5.74) is 1.28. The van der Waals surface area contributed by atoms with Crippen molar-refractivity contribution < 1.29 is 4.74 Å². The lowest BCUT2D eigenvalue weighted by atomic mass is 10.1. The molecule has 78 valence electrons. The summed E-state index contributed by atoms with van der Waals surface area (Å²) in [6.07, 6.45) is 1.02. The first-order valence-corrected chi connectivity index (χ1v) is 5.60. The molecule has 2 nitrogen and oxygen atoms in total. The molecule has 0 aliphatic rings. The lowest BCUT2D eigenvalue weighted by Gasteiger charge is -2.07. The molecule has 0 bridgehead atoms. The van der Waals surface area contributed by atoms with Crippen LogP contribution >= 0.6 is 15.9 Å². The van der Waals surface area contributed by atoms with Crippen molar-refractivity contribution in [2.24, 2.45) is 0 Å². The monoisotopic (exact) mass is 257 g/mol. The second kappa shape index (κ2) is 6.04. The van der Waals surface area contributed by atoms with E-state index in [1.165, 1.54) is 5.56 Å². The predicted octanol–water partition coefficient (Wildman–Crippen LogP) is 2.61. The zero-order valence-electron chi connectivity index (χ0n) is 8.64. The van der Waals surface area contributed by atoms with Gasteiger partial charge in [0.1, 0.15) is 5.75 Å². The molecule has 0 spiro atoms. The largest absolute Gasteiger partial charge is 0.497 e. The number of hydrogen-bond donors (Lipinski definition) is 1. The van der Waals surface area contributed by atoms with Gasteiger partial charge in [0, 0.05) is 4.47 Å². The highest BCUT2D eigenvalue weighted by Gasteiger charge is 2.01. The van der Waals surface area contributed by atoms with Gasteiger partial charge in [0.15, 0.2) is 0 Å². The molecule has 0 heterocycles. The van der Waals surface area contributed by atoms with E-state index in [0.29, 0.717) is 0 Å². The van der Waals surface area contributed by atoms with E-state index in [2.05, 4.69) is 34.2 Å². The number of rotatable bonds is 5. The summed E-state index contributed by atoms with van der Waals surface area (Å²) >= 11 is 3.53. The van der Waals surface area contributed by atoms with Crippen LogP contribution in [0, 0.1) is 0 Å². The van der Waals surface area contributed by atoms with Crippen LogP contribution in [0.3, 0.4) is 0 Å². The molecular weight excluding hydrogens is 242 g/mol. The van der Waals surface area contributed by atoms with E-state index in [4.69, 9.17) is 4.74 Å². The van der Waals surface area contributed by atoms with E-state index in [-0.39, 0.29) is 0 Å². The number of benzene rings is 1. The summed E-state index contributed by atoms with van der Waals surface area (Å²) in [6, 6.07) is 6.06. The fourth-order valence-electron chi connectivity index (χ4n) is 1.27. The first-order chi connectivity index (χ1) is 6.77. The first-order valence-electron chi connectivity index (χ1n) is 4.81. The third-order valence-electron chi connectivity index (χ3n) is 2.07.